The molecule has 1 aliphatic carbocycles. The second-order valence-corrected chi connectivity index (χ2v) is 8.56. The van der Waals surface area contributed by atoms with Gasteiger partial charge in [0.25, 0.3) is 0 Å². The first-order valence-corrected chi connectivity index (χ1v) is 11.4. The van der Waals surface area contributed by atoms with E-state index in [4.69, 9.17) is 4.98 Å². The van der Waals surface area contributed by atoms with Gasteiger partial charge in [0.15, 0.2) is 0 Å². The highest BCUT2D eigenvalue weighted by Crippen LogP contribution is 2.38. The smallest absolute Gasteiger partial charge is 0.315 e. The molecule has 2 aliphatic rings. The highest BCUT2D eigenvalue weighted by Gasteiger charge is 2.27. The number of rotatable bonds is 7. The van der Waals surface area contributed by atoms with Gasteiger partial charge in [-0.1, -0.05) is 19.1 Å². The molecule has 2 aromatic heterocycles. The van der Waals surface area contributed by atoms with Crippen molar-refractivity contribution < 1.29 is 4.79 Å². The van der Waals surface area contributed by atoms with Crippen LogP contribution in [0.15, 0.2) is 36.5 Å². The lowest BCUT2D eigenvalue weighted by Gasteiger charge is -2.16. The summed E-state index contributed by atoms with van der Waals surface area (Å²) in [4.78, 5) is 23.9. The van der Waals surface area contributed by atoms with Crippen molar-refractivity contribution in [3.8, 4) is 0 Å². The fourth-order valence-corrected chi connectivity index (χ4v) is 4.38. The molecule has 0 unspecified atom stereocenters. The first kappa shape index (κ1) is 19.8. The molecule has 0 atom stereocenters. The van der Waals surface area contributed by atoms with Crippen molar-refractivity contribution in [2.75, 3.05) is 18.0 Å². The number of carbonyl (C=O) groups excluding carboxylic acids is 1. The van der Waals surface area contributed by atoms with Gasteiger partial charge in [-0.15, -0.1) is 0 Å². The molecule has 1 saturated heterocycles. The lowest BCUT2D eigenvalue weighted by atomic mass is 10.2. The molecule has 7 nitrogen and oxygen atoms in total. The molecule has 0 bridgehead atoms. The van der Waals surface area contributed by atoms with Crippen molar-refractivity contribution in [2.45, 2.75) is 58.2 Å². The number of carbonyl (C=O) groups is 1. The topological polar surface area (TPSA) is 75.1 Å². The van der Waals surface area contributed by atoms with Crippen molar-refractivity contribution >= 4 is 22.9 Å². The summed E-state index contributed by atoms with van der Waals surface area (Å²) in [6.45, 7) is 5.26. The van der Waals surface area contributed by atoms with E-state index in [1.54, 1.807) is 0 Å². The Kier molecular flexibility index (Phi) is 5.49. The van der Waals surface area contributed by atoms with Crippen molar-refractivity contribution in [2.24, 2.45) is 0 Å². The van der Waals surface area contributed by atoms with Gasteiger partial charge in [0.05, 0.1) is 11.0 Å². The third-order valence-corrected chi connectivity index (χ3v) is 6.20. The summed E-state index contributed by atoms with van der Waals surface area (Å²) in [7, 11) is 0. The van der Waals surface area contributed by atoms with Crippen LogP contribution in [0.1, 0.15) is 55.6 Å². The number of hydrogen-bond acceptors (Lipinski definition) is 4. The molecular formula is C24H30N6O. The Hall–Kier alpha value is -3.09. The molecular weight excluding hydrogens is 388 g/mol. The quantitative estimate of drug-likeness (QED) is 0.610. The number of imidazole rings is 1. The zero-order valence-corrected chi connectivity index (χ0v) is 18.1. The van der Waals surface area contributed by atoms with Crippen LogP contribution in [0, 0.1) is 0 Å². The van der Waals surface area contributed by atoms with Gasteiger partial charge in [-0.2, -0.15) is 0 Å². The Morgan fingerprint density at radius 3 is 2.48 bits per heavy atom. The number of nitrogens with zero attached hydrogens (tertiary/aromatic N) is 4. The molecule has 2 N–H and O–H groups in total. The van der Waals surface area contributed by atoms with Gasteiger partial charge in [-0.25, -0.2) is 14.8 Å². The fraction of sp³-hybridized carbons (Fsp3) is 0.458. The van der Waals surface area contributed by atoms with Crippen LogP contribution < -0.4 is 15.5 Å². The molecule has 3 heterocycles. The number of nitrogens with one attached hydrogen (secondary N) is 2. The van der Waals surface area contributed by atoms with Crippen LogP contribution in [-0.2, 0) is 19.5 Å². The molecule has 5 rings (SSSR count). The number of aromatic nitrogens is 3. The number of fused-ring (bicyclic) bond motifs is 1. The maximum absolute atomic E-state index is 12.3. The van der Waals surface area contributed by atoms with E-state index in [-0.39, 0.29) is 6.03 Å². The van der Waals surface area contributed by atoms with Crippen molar-refractivity contribution in [3.63, 3.8) is 0 Å². The first-order chi connectivity index (χ1) is 15.2. The third kappa shape index (κ3) is 4.36. The number of amides is 2. The predicted molar refractivity (Wildman–Crippen MR) is 122 cm³/mol. The van der Waals surface area contributed by atoms with E-state index in [2.05, 4.69) is 50.2 Å². The molecule has 0 radical (unpaired) electrons. The minimum atomic E-state index is -0.179. The standard InChI is InChI=1S/C24H30N6O/c1-2-22-28-20-13-17(5-9-21(20)30(22)19-7-8-19)14-26-24(31)27-16-18-6-10-23(25-15-18)29-11-3-4-12-29/h5-6,9-10,13,15,19H,2-4,7-8,11-12,14,16H2,1H3,(H2,26,27,31). The maximum atomic E-state index is 12.3. The molecule has 1 saturated carbocycles. The molecule has 1 aromatic carbocycles. The lowest BCUT2D eigenvalue weighted by Crippen LogP contribution is -2.34. The van der Waals surface area contributed by atoms with Crippen LogP contribution in [0.25, 0.3) is 11.0 Å². The average Bonchev–Trinajstić information content (AvgIpc) is 3.34. The highest BCUT2D eigenvalue weighted by atomic mass is 16.2. The summed E-state index contributed by atoms with van der Waals surface area (Å²) in [5, 5.41) is 5.86. The van der Waals surface area contributed by atoms with E-state index in [1.165, 1.54) is 31.2 Å². The zero-order chi connectivity index (χ0) is 21.2. The van der Waals surface area contributed by atoms with Crippen LogP contribution >= 0.6 is 0 Å². The Balaban J connectivity index is 1.14. The molecule has 0 spiro atoms. The van der Waals surface area contributed by atoms with Gasteiger partial charge in [0, 0.05) is 44.8 Å². The normalized spacial score (nSPS) is 16.1. The first-order valence-electron chi connectivity index (χ1n) is 11.4. The largest absolute Gasteiger partial charge is 0.357 e. The summed E-state index contributed by atoms with van der Waals surface area (Å²) in [5.74, 6) is 2.18. The van der Waals surface area contributed by atoms with E-state index < -0.39 is 0 Å². The molecule has 2 fully saturated rings. The molecule has 3 aromatic rings. The van der Waals surface area contributed by atoms with Gasteiger partial charge in [0.2, 0.25) is 0 Å². The summed E-state index contributed by atoms with van der Waals surface area (Å²) in [5.41, 5.74) is 4.28. The zero-order valence-electron chi connectivity index (χ0n) is 18.1. The Bertz CT molecular complexity index is 1060. The molecule has 1 aliphatic heterocycles. The summed E-state index contributed by atoms with van der Waals surface area (Å²) in [6, 6.07) is 10.8. The Morgan fingerprint density at radius 2 is 1.81 bits per heavy atom. The van der Waals surface area contributed by atoms with Gasteiger partial charge >= 0.3 is 6.03 Å². The second kappa shape index (κ2) is 8.57. The number of pyridine rings is 1. The minimum absolute atomic E-state index is 0.179. The number of aryl methyl sites for hydroxylation is 1. The SMILES string of the molecule is CCc1nc2cc(CNC(=O)NCc3ccc(N4CCCC4)nc3)ccc2n1C1CC1. The number of anilines is 1. The van der Waals surface area contributed by atoms with Crippen LogP contribution in [0.2, 0.25) is 0 Å². The number of urea groups is 1. The van der Waals surface area contributed by atoms with Crippen LogP contribution in [-0.4, -0.2) is 33.7 Å². The van der Waals surface area contributed by atoms with E-state index in [9.17, 15) is 4.79 Å². The maximum Gasteiger partial charge on any atom is 0.315 e. The van der Waals surface area contributed by atoms with Gasteiger partial charge in [0.1, 0.15) is 11.6 Å². The number of hydrogen-bond donors (Lipinski definition) is 2. The van der Waals surface area contributed by atoms with E-state index in [0.717, 1.165) is 47.8 Å². The lowest BCUT2D eigenvalue weighted by molar-refractivity contribution is 0.240. The van der Waals surface area contributed by atoms with Crippen molar-refractivity contribution in [1.29, 1.82) is 0 Å². The molecule has 2 amide bonds. The fourth-order valence-electron chi connectivity index (χ4n) is 4.38. The third-order valence-electron chi connectivity index (χ3n) is 6.20. The van der Waals surface area contributed by atoms with Crippen LogP contribution in [0.3, 0.4) is 0 Å². The van der Waals surface area contributed by atoms with Crippen molar-refractivity contribution in [3.05, 3.63) is 53.5 Å². The Labute approximate surface area is 182 Å². The molecule has 31 heavy (non-hydrogen) atoms. The van der Waals surface area contributed by atoms with E-state index in [1.807, 2.05) is 18.3 Å². The van der Waals surface area contributed by atoms with Crippen LogP contribution in [0.4, 0.5) is 10.6 Å². The highest BCUT2D eigenvalue weighted by molar-refractivity contribution is 5.78. The molecule has 7 heteroatoms. The van der Waals surface area contributed by atoms with Crippen LogP contribution in [0.5, 0.6) is 0 Å². The predicted octanol–water partition coefficient (Wildman–Crippen LogP) is 3.93. The minimum Gasteiger partial charge on any atom is -0.357 e. The monoisotopic (exact) mass is 418 g/mol. The average molecular weight is 419 g/mol. The summed E-state index contributed by atoms with van der Waals surface area (Å²) >= 11 is 0. The summed E-state index contributed by atoms with van der Waals surface area (Å²) < 4.78 is 2.39. The van der Waals surface area contributed by atoms with Gasteiger partial charge in [-0.05, 0) is 55.0 Å². The number of benzene rings is 1. The van der Waals surface area contributed by atoms with Gasteiger partial charge in [-0.3, -0.25) is 0 Å². The van der Waals surface area contributed by atoms with Crippen molar-refractivity contribution in [1.82, 2.24) is 25.2 Å². The van der Waals surface area contributed by atoms with Gasteiger partial charge < -0.3 is 20.1 Å². The second-order valence-electron chi connectivity index (χ2n) is 8.56. The Morgan fingerprint density at radius 1 is 1.06 bits per heavy atom. The summed E-state index contributed by atoms with van der Waals surface area (Å²) in [6.07, 6.45) is 7.76. The molecule has 162 valence electrons. The van der Waals surface area contributed by atoms with E-state index >= 15 is 0 Å². The van der Waals surface area contributed by atoms with E-state index in [0.29, 0.717) is 19.1 Å².